The minimum Gasteiger partial charge on any atom is -0.356 e. The highest BCUT2D eigenvalue weighted by molar-refractivity contribution is 7.12. The van der Waals surface area contributed by atoms with E-state index in [9.17, 15) is 4.79 Å². The summed E-state index contributed by atoms with van der Waals surface area (Å²) in [5.41, 5.74) is 2.23. The van der Waals surface area contributed by atoms with Crippen LogP contribution in [0.4, 0.5) is 0 Å². The predicted molar refractivity (Wildman–Crippen MR) is 87.5 cm³/mol. The molecular formula is C16H12N4O2S. The second-order valence-electron chi connectivity index (χ2n) is 5.17. The third-order valence-corrected chi connectivity index (χ3v) is 4.43. The Bertz CT molecular complexity index is 1030. The molecule has 3 aromatic heterocycles. The Morgan fingerprint density at radius 2 is 2.09 bits per heavy atom. The molecule has 0 aliphatic rings. The zero-order chi connectivity index (χ0) is 15.8. The number of benzene rings is 1. The number of rotatable bonds is 3. The van der Waals surface area contributed by atoms with Gasteiger partial charge in [0.2, 0.25) is 0 Å². The molecule has 7 heteroatoms. The van der Waals surface area contributed by atoms with Gasteiger partial charge < -0.3 is 4.52 Å². The molecule has 0 spiro atoms. The van der Waals surface area contributed by atoms with Crippen LogP contribution < -0.4 is 5.56 Å². The SMILES string of the molecule is Cc1nsc2ncn(Cc3cc(-c4ccccc4)on3)c(=O)c12. The van der Waals surface area contributed by atoms with E-state index in [0.717, 1.165) is 5.56 Å². The molecule has 0 fully saturated rings. The average Bonchev–Trinajstić information content (AvgIpc) is 3.18. The van der Waals surface area contributed by atoms with Crippen molar-refractivity contribution in [2.45, 2.75) is 13.5 Å². The van der Waals surface area contributed by atoms with E-state index in [2.05, 4.69) is 14.5 Å². The molecule has 0 radical (unpaired) electrons. The van der Waals surface area contributed by atoms with E-state index >= 15 is 0 Å². The van der Waals surface area contributed by atoms with Crippen molar-refractivity contribution in [3.8, 4) is 11.3 Å². The van der Waals surface area contributed by atoms with Crippen molar-refractivity contribution in [1.29, 1.82) is 0 Å². The van der Waals surface area contributed by atoms with Crippen LogP contribution in [0.1, 0.15) is 11.4 Å². The third-order valence-electron chi connectivity index (χ3n) is 3.58. The van der Waals surface area contributed by atoms with Crippen molar-refractivity contribution in [1.82, 2.24) is 19.1 Å². The summed E-state index contributed by atoms with van der Waals surface area (Å²) < 4.78 is 11.1. The summed E-state index contributed by atoms with van der Waals surface area (Å²) in [4.78, 5) is 17.5. The minimum absolute atomic E-state index is 0.106. The molecule has 0 unspecified atom stereocenters. The van der Waals surface area contributed by atoms with Gasteiger partial charge in [-0.25, -0.2) is 4.98 Å². The molecule has 6 nitrogen and oxygen atoms in total. The number of nitrogens with zero attached hydrogens (tertiary/aromatic N) is 4. The first kappa shape index (κ1) is 13.8. The summed E-state index contributed by atoms with van der Waals surface area (Å²) in [5.74, 6) is 0.677. The Kier molecular flexibility index (Phi) is 3.27. The summed E-state index contributed by atoms with van der Waals surface area (Å²) in [7, 11) is 0. The lowest BCUT2D eigenvalue weighted by Gasteiger charge is -2.01. The van der Waals surface area contributed by atoms with Gasteiger partial charge >= 0.3 is 0 Å². The number of fused-ring (bicyclic) bond motifs is 1. The number of aromatic nitrogens is 4. The van der Waals surface area contributed by atoms with Crippen LogP contribution in [0.3, 0.4) is 0 Å². The third kappa shape index (κ3) is 2.44. The van der Waals surface area contributed by atoms with Gasteiger partial charge in [0.1, 0.15) is 5.69 Å². The highest BCUT2D eigenvalue weighted by Crippen LogP contribution is 2.20. The lowest BCUT2D eigenvalue weighted by molar-refractivity contribution is 0.420. The zero-order valence-electron chi connectivity index (χ0n) is 12.3. The fourth-order valence-electron chi connectivity index (χ4n) is 2.42. The average molecular weight is 324 g/mol. The maximum absolute atomic E-state index is 12.5. The first-order valence-electron chi connectivity index (χ1n) is 7.05. The van der Waals surface area contributed by atoms with Gasteiger partial charge in [-0.1, -0.05) is 35.5 Å². The number of aryl methyl sites for hydroxylation is 1. The maximum atomic E-state index is 12.5. The smallest absolute Gasteiger partial charge is 0.264 e. The molecule has 0 aliphatic heterocycles. The molecule has 3 heterocycles. The van der Waals surface area contributed by atoms with E-state index in [1.165, 1.54) is 22.4 Å². The van der Waals surface area contributed by atoms with Gasteiger partial charge in [-0.3, -0.25) is 9.36 Å². The van der Waals surface area contributed by atoms with Crippen molar-refractivity contribution in [3.05, 3.63) is 64.5 Å². The van der Waals surface area contributed by atoms with Crippen molar-refractivity contribution in [2.24, 2.45) is 0 Å². The summed E-state index contributed by atoms with van der Waals surface area (Å²) in [5, 5.41) is 4.62. The fourth-order valence-corrected chi connectivity index (χ4v) is 3.16. The molecule has 4 rings (SSSR count). The van der Waals surface area contributed by atoms with Crippen LogP contribution in [0.15, 0.2) is 52.0 Å². The summed E-state index contributed by atoms with van der Waals surface area (Å²) >= 11 is 1.24. The molecule has 0 bridgehead atoms. The normalized spacial score (nSPS) is 11.2. The Labute approximate surface area is 135 Å². The number of hydrogen-bond donors (Lipinski definition) is 0. The molecule has 0 amide bonds. The first-order valence-corrected chi connectivity index (χ1v) is 7.82. The molecule has 0 saturated heterocycles. The standard InChI is InChI=1S/C16H12N4O2S/c1-10-14-15(23-19-10)17-9-20(16(14)21)8-12-7-13(22-18-12)11-5-3-2-4-6-11/h2-7,9H,8H2,1H3. The maximum Gasteiger partial charge on any atom is 0.264 e. The van der Waals surface area contributed by atoms with Gasteiger partial charge in [0.25, 0.3) is 5.56 Å². The number of hydrogen-bond acceptors (Lipinski definition) is 6. The summed E-state index contributed by atoms with van der Waals surface area (Å²) in [6, 6.07) is 11.6. The molecule has 23 heavy (non-hydrogen) atoms. The van der Waals surface area contributed by atoms with Crippen LogP contribution in [-0.4, -0.2) is 19.1 Å². The van der Waals surface area contributed by atoms with Crippen LogP contribution in [0.2, 0.25) is 0 Å². The fraction of sp³-hybridized carbons (Fsp3) is 0.125. The second kappa shape index (κ2) is 5.44. The molecule has 114 valence electrons. The first-order chi connectivity index (χ1) is 11.2. The molecule has 1 aromatic carbocycles. The second-order valence-corrected chi connectivity index (χ2v) is 5.93. The van der Waals surface area contributed by atoms with Crippen molar-refractivity contribution < 1.29 is 4.52 Å². The van der Waals surface area contributed by atoms with Crippen LogP contribution in [-0.2, 0) is 6.54 Å². The van der Waals surface area contributed by atoms with E-state index in [-0.39, 0.29) is 5.56 Å². The van der Waals surface area contributed by atoms with E-state index < -0.39 is 0 Å². The van der Waals surface area contributed by atoms with E-state index in [1.807, 2.05) is 43.3 Å². The topological polar surface area (TPSA) is 73.8 Å². The zero-order valence-corrected chi connectivity index (χ0v) is 13.1. The summed E-state index contributed by atoms with van der Waals surface area (Å²) in [6.45, 7) is 2.13. The largest absolute Gasteiger partial charge is 0.356 e. The minimum atomic E-state index is -0.106. The molecule has 0 atom stereocenters. The van der Waals surface area contributed by atoms with Crippen LogP contribution in [0.5, 0.6) is 0 Å². The monoisotopic (exact) mass is 324 g/mol. The van der Waals surface area contributed by atoms with Crippen molar-refractivity contribution in [2.75, 3.05) is 0 Å². The van der Waals surface area contributed by atoms with Gasteiger partial charge in [-0.2, -0.15) is 4.37 Å². The lowest BCUT2D eigenvalue weighted by Crippen LogP contribution is -2.21. The highest BCUT2D eigenvalue weighted by atomic mass is 32.1. The van der Waals surface area contributed by atoms with Gasteiger partial charge in [0, 0.05) is 11.6 Å². The van der Waals surface area contributed by atoms with Crippen LogP contribution in [0, 0.1) is 6.92 Å². The molecule has 4 aromatic rings. The van der Waals surface area contributed by atoms with Crippen LogP contribution >= 0.6 is 11.5 Å². The molecule has 0 N–H and O–H groups in total. The van der Waals surface area contributed by atoms with E-state index in [4.69, 9.17) is 4.52 Å². The molecule has 0 saturated carbocycles. The lowest BCUT2D eigenvalue weighted by atomic mass is 10.2. The summed E-state index contributed by atoms with van der Waals surface area (Å²) in [6.07, 6.45) is 1.53. The van der Waals surface area contributed by atoms with E-state index in [0.29, 0.717) is 33.9 Å². The van der Waals surface area contributed by atoms with Gasteiger partial charge in [-0.05, 0) is 18.5 Å². The van der Waals surface area contributed by atoms with Crippen molar-refractivity contribution >= 4 is 21.7 Å². The van der Waals surface area contributed by atoms with Gasteiger partial charge in [0.15, 0.2) is 10.6 Å². The Morgan fingerprint density at radius 3 is 2.91 bits per heavy atom. The highest BCUT2D eigenvalue weighted by Gasteiger charge is 2.12. The molecule has 0 aliphatic carbocycles. The predicted octanol–water partition coefficient (Wildman–Crippen LogP) is 2.86. The van der Waals surface area contributed by atoms with E-state index in [1.54, 1.807) is 0 Å². The van der Waals surface area contributed by atoms with Crippen molar-refractivity contribution in [3.63, 3.8) is 0 Å². The van der Waals surface area contributed by atoms with Crippen LogP contribution in [0.25, 0.3) is 21.5 Å². The van der Waals surface area contributed by atoms with Gasteiger partial charge in [-0.15, -0.1) is 0 Å². The Morgan fingerprint density at radius 1 is 1.26 bits per heavy atom. The molecular weight excluding hydrogens is 312 g/mol. The quantitative estimate of drug-likeness (QED) is 0.579. The van der Waals surface area contributed by atoms with Gasteiger partial charge in [0.05, 0.1) is 24.0 Å². The Balaban J connectivity index is 1.69. The Hall–Kier alpha value is -2.80.